The average Bonchev–Trinajstić information content (AvgIpc) is 2.69. The van der Waals surface area contributed by atoms with Gasteiger partial charge in [0, 0.05) is 11.2 Å². The van der Waals surface area contributed by atoms with Crippen LogP contribution < -0.4 is 5.43 Å². The molecule has 2 aromatic rings. The van der Waals surface area contributed by atoms with E-state index in [-0.39, 0.29) is 12.4 Å². The molecule has 8 heteroatoms. The van der Waals surface area contributed by atoms with Crippen molar-refractivity contribution in [3.05, 3.63) is 93.9 Å². The van der Waals surface area contributed by atoms with Crippen LogP contribution in [-0.2, 0) is 14.3 Å². The van der Waals surface area contributed by atoms with Crippen molar-refractivity contribution in [3.63, 3.8) is 0 Å². The molecule has 0 aromatic heterocycles. The minimum atomic E-state index is -3.58. The first-order valence-corrected chi connectivity index (χ1v) is 11.4. The molecule has 5 nitrogen and oxygen atoms in total. The molecule has 30 heavy (non-hydrogen) atoms. The molecule has 2 aromatic carbocycles. The van der Waals surface area contributed by atoms with Gasteiger partial charge in [-0.1, -0.05) is 35.9 Å². The number of aryl methyl sites for hydroxylation is 1. The summed E-state index contributed by atoms with van der Waals surface area (Å²) >= 11 is 5.91. The zero-order valence-electron chi connectivity index (χ0n) is 16.6. The Hall–Kier alpha value is -2.61. The lowest BCUT2D eigenvalue weighted by Gasteiger charge is -2.28. The van der Waals surface area contributed by atoms with Gasteiger partial charge in [-0.2, -0.15) is 8.42 Å². The number of hydrogen-bond acceptors (Lipinski definition) is 5. The molecule has 0 fully saturated rings. The average molecular weight is 449 g/mol. The van der Waals surface area contributed by atoms with Crippen LogP contribution in [-0.4, -0.2) is 32.8 Å². The molecular formula is C22H22ClFN2O3S. The molecule has 0 aliphatic carbocycles. The summed E-state index contributed by atoms with van der Waals surface area (Å²) in [5, 5.41) is 2.48. The molecule has 158 valence electrons. The van der Waals surface area contributed by atoms with Gasteiger partial charge in [-0.25, -0.2) is 4.39 Å². The molecule has 3 rings (SSSR count). The van der Waals surface area contributed by atoms with Crippen molar-refractivity contribution < 1.29 is 17.0 Å². The highest BCUT2D eigenvalue weighted by atomic mass is 35.5. The highest BCUT2D eigenvalue weighted by Crippen LogP contribution is 2.22. The summed E-state index contributed by atoms with van der Waals surface area (Å²) in [4.78, 5) is 0. The van der Waals surface area contributed by atoms with Gasteiger partial charge in [-0.15, -0.1) is 0 Å². The second-order valence-electron chi connectivity index (χ2n) is 6.91. The summed E-state index contributed by atoms with van der Waals surface area (Å²) in [7, 11) is -3.58. The quantitative estimate of drug-likeness (QED) is 0.631. The Kier molecular flexibility index (Phi) is 6.97. The Morgan fingerprint density at radius 1 is 1.20 bits per heavy atom. The molecule has 0 saturated heterocycles. The molecule has 0 radical (unpaired) electrons. The van der Waals surface area contributed by atoms with E-state index < -0.39 is 10.1 Å². The van der Waals surface area contributed by atoms with Gasteiger partial charge in [0.15, 0.2) is 0 Å². The minimum absolute atomic E-state index is 0.0956. The fraction of sp³-hybridized carbons (Fsp3) is 0.182. The topological polar surface area (TPSA) is 58.6 Å². The normalized spacial score (nSPS) is 14.5. The Balaban J connectivity index is 1.79. The van der Waals surface area contributed by atoms with Crippen molar-refractivity contribution in [2.45, 2.75) is 6.92 Å². The zero-order valence-corrected chi connectivity index (χ0v) is 18.2. The Bertz CT molecular complexity index is 1110. The number of halogens is 2. The third-order valence-electron chi connectivity index (χ3n) is 4.31. The van der Waals surface area contributed by atoms with Crippen LogP contribution in [0.1, 0.15) is 16.7 Å². The molecule has 0 bridgehead atoms. The maximum Gasteiger partial charge on any atom is 0.264 e. The molecule has 0 amide bonds. The Labute approximate surface area is 181 Å². The molecule has 1 N–H and O–H groups in total. The van der Waals surface area contributed by atoms with Gasteiger partial charge in [0.05, 0.1) is 25.1 Å². The van der Waals surface area contributed by atoms with E-state index in [1.165, 1.54) is 6.07 Å². The first-order chi connectivity index (χ1) is 14.2. The third-order valence-corrected chi connectivity index (χ3v) is 5.10. The van der Waals surface area contributed by atoms with Crippen LogP contribution in [0.2, 0.25) is 5.02 Å². The van der Waals surface area contributed by atoms with Crippen LogP contribution in [0.5, 0.6) is 0 Å². The molecule has 1 aliphatic heterocycles. The van der Waals surface area contributed by atoms with Crippen LogP contribution in [0.3, 0.4) is 0 Å². The zero-order chi connectivity index (χ0) is 21.7. The van der Waals surface area contributed by atoms with Crippen LogP contribution in [0.4, 0.5) is 4.39 Å². The van der Waals surface area contributed by atoms with E-state index in [0.29, 0.717) is 28.4 Å². The van der Waals surface area contributed by atoms with Crippen molar-refractivity contribution in [1.29, 1.82) is 0 Å². The largest absolute Gasteiger partial charge is 0.298 e. The van der Waals surface area contributed by atoms with Crippen LogP contribution in [0.25, 0.3) is 11.8 Å². The SMILES string of the molecule is Cc1cc(C2=CC(COS(C)(=O)=O)=CN(CC=Cc3ccc(Cl)cc3)N2)ccc1F. The van der Waals surface area contributed by atoms with Crippen LogP contribution in [0, 0.1) is 12.7 Å². The van der Waals surface area contributed by atoms with Gasteiger partial charge in [-0.3, -0.25) is 14.6 Å². The van der Waals surface area contributed by atoms with E-state index in [1.807, 2.05) is 36.4 Å². The fourth-order valence-corrected chi connectivity index (χ4v) is 3.31. The second-order valence-corrected chi connectivity index (χ2v) is 8.99. The van der Waals surface area contributed by atoms with E-state index in [9.17, 15) is 12.8 Å². The van der Waals surface area contributed by atoms with E-state index in [1.54, 1.807) is 36.3 Å². The first-order valence-electron chi connectivity index (χ1n) is 9.18. The highest BCUT2D eigenvalue weighted by molar-refractivity contribution is 7.86. The fourth-order valence-electron chi connectivity index (χ4n) is 2.83. The van der Waals surface area contributed by atoms with Crippen LogP contribution in [0.15, 0.2) is 66.4 Å². The monoisotopic (exact) mass is 448 g/mol. The minimum Gasteiger partial charge on any atom is -0.298 e. The van der Waals surface area contributed by atoms with Crippen molar-refractivity contribution in [3.8, 4) is 0 Å². The summed E-state index contributed by atoms with van der Waals surface area (Å²) in [6.07, 6.45) is 8.49. The summed E-state index contributed by atoms with van der Waals surface area (Å²) in [5.74, 6) is -0.283. The molecule has 1 aliphatic rings. The molecular weight excluding hydrogens is 427 g/mol. The predicted molar refractivity (Wildman–Crippen MR) is 118 cm³/mol. The predicted octanol–water partition coefficient (Wildman–Crippen LogP) is 4.52. The van der Waals surface area contributed by atoms with Gasteiger partial charge in [0.1, 0.15) is 5.82 Å². The summed E-state index contributed by atoms with van der Waals surface area (Å²) < 4.78 is 41.4. The number of nitrogens with zero attached hydrogens (tertiary/aromatic N) is 1. The second kappa shape index (κ2) is 9.47. The maximum absolute atomic E-state index is 13.7. The van der Waals surface area contributed by atoms with E-state index in [2.05, 4.69) is 5.43 Å². The van der Waals surface area contributed by atoms with E-state index >= 15 is 0 Å². The lowest BCUT2D eigenvalue weighted by molar-refractivity contribution is 0.327. The lowest BCUT2D eigenvalue weighted by Crippen LogP contribution is -2.35. The number of benzene rings is 2. The number of rotatable bonds is 7. The van der Waals surface area contributed by atoms with E-state index in [4.69, 9.17) is 15.8 Å². The molecule has 0 unspecified atom stereocenters. The summed E-state index contributed by atoms with van der Waals surface area (Å²) in [6.45, 7) is 2.10. The van der Waals surface area contributed by atoms with Crippen LogP contribution >= 0.6 is 11.6 Å². The maximum atomic E-state index is 13.7. The number of hydrogen-bond donors (Lipinski definition) is 1. The Morgan fingerprint density at radius 3 is 2.60 bits per heavy atom. The summed E-state index contributed by atoms with van der Waals surface area (Å²) in [6, 6.07) is 12.3. The molecule has 0 spiro atoms. The van der Waals surface area contributed by atoms with Crippen molar-refractivity contribution >= 4 is 33.5 Å². The van der Waals surface area contributed by atoms with Gasteiger partial charge >= 0.3 is 0 Å². The van der Waals surface area contributed by atoms with Gasteiger partial charge < -0.3 is 0 Å². The molecule has 0 atom stereocenters. The van der Waals surface area contributed by atoms with Crippen molar-refractivity contribution in [2.75, 3.05) is 19.4 Å². The number of hydrazine groups is 1. The standard InChI is InChI=1S/C22H22ClFN2O3S/c1-16-12-19(7-10-21(16)24)22-13-18(15-29-30(2,27)28)14-26(25-22)11-3-4-17-5-8-20(23)9-6-17/h3-10,12-14,25H,11,15H2,1-2H3. The first kappa shape index (κ1) is 22.1. The number of nitrogens with one attached hydrogen (secondary N) is 1. The lowest BCUT2D eigenvalue weighted by atomic mass is 10.1. The Morgan fingerprint density at radius 2 is 1.93 bits per heavy atom. The third kappa shape index (κ3) is 6.45. The highest BCUT2D eigenvalue weighted by Gasteiger charge is 2.15. The smallest absolute Gasteiger partial charge is 0.264 e. The van der Waals surface area contributed by atoms with Gasteiger partial charge in [-0.05, 0) is 65.6 Å². The van der Waals surface area contributed by atoms with Crippen molar-refractivity contribution in [1.82, 2.24) is 10.4 Å². The van der Waals surface area contributed by atoms with Gasteiger partial charge in [0.25, 0.3) is 10.1 Å². The van der Waals surface area contributed by atoms with Gasteiger partial charge in [0.2, 0.25) is 0 Å². The van der Waals surface area contributed by atoms with Crippen molar-refractivity contribution in [2.24, 2.45) is 0 Å². The van der Waals surface area contributed by atoms with E-state index in [0.717, 1.165) is 17.4 Å². The molecule has 0 saturated carbocycles. The summed E-state index contributed by atoms with van der Waals surface area (Å²) in [5.41, 5.74) is 6.95. The molecule has 1 heterocycles.